The molecule has 2 heterocycles. The number of fused-ring (bicyclic) bond motifs is 1. The molecule has 2 fully saturated rings. The number of alkyl halides is 1. The molecular weight excluding hydrogens is 288 g/mol. The molecule has 0 aromatic carbocycles. The predicted octanol–water partition coefficient (Wildman–Crippen LogP) is 4.47. The molecule has 1 aromatic rings. The zero-order valence-electron chi connectivity index (χ0n) is 12.2. The lowest BCUT2D eigenvalue weighted by Crippen LogP contribution is -2.47. The Balaban J connectivity index is 1.47. The Morgan fingerprint density at radius 1 is 1.25 bits per heavy atom. The summed E-state index contributed by atoms with van der Waals surface area (Å²) >= 11 is 7.58. The van der Waals surface area contributed by atoms with E-state index in [1.54, 1.807) is 11.3 Å². The molecule has 0 unspecified atom stereocenters. The van der Waals surface area contributed by atoms with Crippen LogP contribution in [0.3, 0.4) is 0 Å². The first kappa shape index (κ1) is 14.8. The van der Waals surface area contributed by atoms with Gasteiger partial charge in [0.1, 0.15) is 0 Å². The molecule has 2 nitrogen and oxygen atoms in total. The maximum Gasteiger partial charge on any atom is 0.0929 e. The van der Waals surface area contributed by atoms with E-state index in [-0.39, 0.29) is 0 Å². The number of nitrogens with zero attached hydrogens (tertiary/aromatic N) is 2. The Labute approximate surface area is 131 Å². The van der Waals surface area contributed by atoms with E-state index in [0.717, 1.165) is 24.1 Å². The van der Waals surface area contributed by atoms with Gasteiger partial charge >= 0.3 is 0 Å². The molecule has 0 amide bonds. The number of aromatic nitrogens is 1. The van der Waals surface area contributed by atoms with Gasteiger partial charge in [-0.1, -0.05) is 12.8 Å². The summed E-state index contributed by atoms with van der Waals surface area (Å²) in [7, 11) is 0. The Hall–Kier alpha value is -0.120. The number of rotatable bonds is 5. The molecule has 3 rings (SSSR count). The topological polar surface area (TPSA) is 16.1 Å². The van der Waals surface area contributed by atoms with Crippen molar-refractivity contribution in [3.8, 4) is 0 Å². The van der Waals surface area contributed by atoms with E-state index in [4.69, 9.17) is 11.6 Å². The van der Waals surface area contributed by atoms with Crippen molar-refractivity contribution in [1.29, 1.82) is 0 Å². The molecule has 0 radical (unpaired) electrons. The zero-order chi connectivity index (χ0) is 13.8. The molecular formula is C16H25ClN2S. The van der Waals surface area contributed by atoms with Gasteiger partial charge in [0.15, 0.2) is 0 Å². The van der Waals surface area contributed by atoms with Crippen molar-refractivity contribution < 1.29 is 0 Å². The van der Waals surface area contributed by atoms with Crippen LogP contribution in [0.5, 0.6) is 0 Å². The minimum Gasteiger partial charge on any atom is -0.300 e. The van der Waals surface area contributed by atoms with Gasteiger partial charge in [0.2, 0.25) is 0 Å². The van der Waals surface area contributed by atoms with Crippen LogP contribution in [0.2, 0.25) is 0 Å². The van der Waals surface area contributed by atoms with E-state index in [0.29, 0.717) is 5.88 Å². The van der Waals surface area contributed by atoms with Gasteiger partial charge in [0.05, 0.1) is 16.6 Å². The summed E-state index contributed by atoms with van der Waals surface area (Å²) in [6.45, 7) is 2.59. The van der Waals surface area contributed by atoms with Gasteiger partial charge in [-0.3, -0.25) is 0 Å². The van der Waals surface area contributed by atoms with Crippen LogP contribution in [-0.2, 0) is 12.3 Å². The van der Waals surface area contributed by atoms with Crippen molar-refractivity contribution in [1.82, 2.24) is 9.88 Å². The minimum atomic E-state index is 0.548. The molecule has 112 valence electrons. The molecule has 1 saturated heterocycles. The molecule has 1 saturated carbocycles. The highest BCUT2D eigenvalue weighted by molar-refractivity contribution is 7.09. The molecule has 1 aliphatic heterocycles. The summed E-state index contributed by atoms with van der Waals surface area (Å²) in [5.41, 5.74) is 1.04. The van der Waals surface area contributed by atoms with Gasteiger partial charge in [-0.05, 0) is 51.1 Å². The van der Waals surface area contributed by atoms with Crippen LogP contribution >= 0.6 is 22.9 Å². The molecule has 2 aliphatic rings. The van der Waals surface area contributed by atoms with E-state index in [9.17, 15) is 0 Å². The Kier molecular flexibility index (Phi) is 5.36. The van der Waals surface area contributed by atoms with Crippen molar-refractivity contribution in [2.75, 3.05) is 13.1 Å². The highest BCUT2D eigenvalue weighted by atomic mass is 35.5. The molecule has 0 bridgehead atoms. The zero-order valence-corrected chi connectivity index (χ0v) is 13.8. The number of thiazole rings is 1. The van der Waals surface area contributed by atoms with Crippen molar-refractivity contribution in [2.45, 2.75) is 63.3 Å². The lowest BCUT2D eigenvalue weighted by molar-refractivity contribution is 0.0602. The molecule has 1 aliphatic carbocycles. The SMILES string of the molecule is ClCc1csc(CCCN2CCC[C@H]3CCCC[C@H]32)n1. The number of likely N-dealkylation sites (tertiary alicyclic amines) is 1. The second-order valence-corrected chi connectivity index (χ2v) is 7.47. The van der Waals surface area contributed by atoms with Crippen molar-refractivity contribution in [3.63, 3.8) is 0 Å². The van der Waals surface area contributed by atoms with E-state index in [1.807, 2.05) is 0 Å². The number of hydrogen-bond donors (Lipinski definition) is 0. The van der Waals surface area contributed by atoms with Crippen molar-refractivity contribution in [2.24, 2.45) is 5.92 Å². The van der Waals surface area contributed by atoms with Gasteiger partial charge in [-0.25, -0.2) is 4.98 Å². The standard InChI is InChI=1S/C16H25ClN2S/c17-11-14-12-20-16(18-14)8-4-10-19-9-3-6-13-5-1-2-7-15(13)19/h12-13,15H,1-11H2/t13-,15-/m1/s1. The second-order valence-electron chi connectivity index (χ2n) is 6.26. The van der Waals surface area contributed by atoms with Gasteiger partial charge in [-0.2, -0.15) is 0 Å². The lowest BCUT2D eigenvalue weighted by Gasteiger charge is -2.44. The maximum absolute atomic E-state index is 5.81. The first-order valence-electron chi connectivity index (χ1n) is 8.10. The minimum absolute atomic E-state index is 0.548. The third-order valence-corrected chi connectivity index (χ3v) is 6.16. The predicted molar refractivity (Wildman–Crippen MR) is 86.5 cm³/mol. The first-order chi connectivity index (χ1) is 9.86. The van der Waals surface area contributed by atoms with Crippen LogP contribution in [0.25, 0.3) is 0 Å². The smallest absolute Gasteiger partial charge is 0.0929 e. The van der Waals surface area contributed by atoms with Gasteiger partial charge in [-0.15, -0.1) is 22.9 Å². The van der Waals surface area contributed by atoms with Crippen LogP contribution in [0.1, 0.15) is 55.6 Å². The summed E-state index contributed by atoms with van der Waals surface area (Å²) < 4.78 is 0. The van der Waals surface area contributed by atoms with Gasteiger partial charge < -0.3 is 4.90 Å². The molecule has 0 spiro atoms. The Morgan fingerprint density at radius 2 is 2.10 bits per heavy atom. The summed E-state index contributed by atoms with van der Waals surface area (Å²) in [5.74, 6) is 1.55. The second kappa shape index (κ2) is 7.24. The fourth-order valence-electron chi connectivity index (χ4n) is 3.96. The third-order valence-electron chi connectivity index (χ3n) is 4.93. The summed E-state index contributed by atoms with van der Waals surface area (Å²) in [6.07, 6.45) is 11.1. The van der Waals surface area contributed by atoms with Crippen LogP contribution in [0, 0.1) is 5.92 Å². The first-order valence-corrected chi connectivity index (χ1v) is 9.51. The fourth-order valence-corrected chi connectivity index (χ4v) is 5.03. The van der Waals surface area contributed by atoms with Crippen molar-refractivity contribution in [3.05, 3.63) is 16.1 Å². The highest BCUT2D eigenvalue weighted by Crippen LogP contribution is 2.35. The summed E-state index contributed by atoms with van der Waals surface area (Å²) in [6, 6.07) is 0.896. The van der Waals surface area contributed by atoms with E-state index >= 15 is 0 Å². The maximum atomic E-state index is 5.81. The van der Waals surface area contributed by atoms with E-state index in [1.165, 1.54) is 63.0 Å². The monoisotopic (exact) mass is 312 g/mol. The number of piperidine rings is 1. The third kappa shape index (κ3) is 3.55. The number of aryl methyl sites for hydroxylation is 1. The molecule has 1 aromatic heterocycles. The number of halogens is 1. The summed E-state index contributed by atoms with van der Waals surface area (Å²) in [5, 5.41) is 3.36. The molecule has 0 N–H and O–H groups in total. The van der Waals surface area contributed by atoms with E-state index < -0.39 is 0 Å². The van der Waals surface area contributed by atoms with Crippen molar-refractivity contribution >= 4 is 22.9 Å². The van der Waals surface area contributed by atoms with E-state index in [2.05, 4.69) is 15.3 Å². The average Bonchev–Trinajstić information content (AvgIpc) is 2.95. The fraction of sp³-hybridized carbons (Fsp3) is 0.812. The van der Waals surface area contributed by atoms with Gasteiger partial charge in [0.25, 0.3) is 0 Å². The quantitative estimate of drug-likeness (QED) is 0.746. The van der Waals surface area contributed by atoms with Gasteiger partial charge in [0, 0.05) is 17.8 Å². The van der Waals surface area contributed by atoms with Crippen LogP contribution in [0.4, 0.5) is 0 Å². The lowest BCUT2D eigenvalue weighted by atomic mass is 9.78. The normalized spacial score (nSPS) is 27.4. The average molecular weight is 313 g/mol. The van der Waals surface area contributed by atoms with Crippen LogP contribution in [-0.4, -0.2) is 29.0 Å². The Bertz CT molecular complexity index is 418. The van der Waals surface area contributed by atoms with Crippen LogP contribution < -0.4 is 0 Å². The van der Waals surface area contributed by atoms with Crippen LogP contribution in [0.15, 0.2) is 5.38 Å². The molecule has 20 heavy (non-hydrogen) atoms. The number of hydrogen-bond acceptors (Lipinski definition) is 3. The molecule has 2 atom stereocenters. The summed E-state index contributed by atoms with van der Waals surface area (Å²) in [4.78, 5) is 7.34. The Morgan fingerprint density at radius 3 is 2.95 bits per heavy atom. The highest BCUT2D eigenvalue weighted by Gasteiger charge is 2.32. The molecule has 4 heteroatoms. The largest absolute Gasteiger partial charge is 0.300 e.